The van der Waals surface area contributed by atoms with E-state index in [4.69, 9.17) is 14.2 Å². The second-order valence-electron chi connectivity index (χ2n) is 8.97. The summed E-state index contributed by atoms with van der Waals surface area (Å²) in [5, 5.41) is 10.4. The number of ether oxygens (including phenoxy) is 3. The van der Waals surface area contributed by atoms with Crippen molar-refractivity contribution in [2.75, 3.05) is 37.8 Å². The number of aliphatic hydroxyl groups is 1. The van der Waals surface area contributed by atoms with Crippen molar-refractivity contribution in [2.24, 2.45) is 12.5 Å². The van der Waals surface area contributed by atoms with E-state index in [1.165, 1.54) is 11.4 Å². The Morgan fingerprint density at radius 1 is 1.19 bits per heavy atom. The average Bonchev–Trinajstić information content (AvgIpc) is 2.69. The summed E-state index contributed by atoms with van der Waals surface area (Å²) >= 11 is 0. The van der Waals surface area contributed by atoms with Gasteiger partial charge < -0.3 is 24.2 Å². The van der Waals surface area contributed by atoms with Gasteiger partial charge in [-0.2, -0.15) is 4.57 Å². The van der Waals surface area contributed by atoms with E-state index >= 15 is 0 Å². The van der Waals surface area contributed by atoms with Gasteiger partial charge in [-0.1, -0.05) is 6.58 Å². The Morgan fingerprint density at radius 3 is 2.77 bits per heavy atom. The number of nitrogens with zero attached hydrogens (tertiary/aromatic N) is 2. The number of pyridine rings is 1. The molecule has 0 unspecified atom stereocenters. The summed E-state index contributed by atoms with van der Waals surface area (Å²) in [5.41, 5.74) is 6.17. The minimum absolute atomic E-state index is 0.00915. The van der Waals surface area contributed by atoms with Gasteiger partial charge in [0, 0.05) is 30.9 Å². The van der Waals surface area contributed by atoms with Crippen molar-refractivity contribution in [3.05, 3.63) is 60.4 Å². The molecule has 2 fully saturated rings. The summed E-state index contributed by atoms with van der Waals surface area (Å²) in [5.74, 6) is 1.65. The van der Waals surface area contributed by atoms with E-state index in [0.717, 1.165) is 54.1 Å². The second kappa shape index (κ2) is 6.62. The summed E-state index contributed by atoms with van der Waals surface area (Å²) in [6.07, 6.45) is 0. The Hall–Kier alpha value is -3.25. The van der Waals surface area contributed by atoms with Crippen LogP contribution < -0.4 is 18.9 Å². The molecule has 0 amide bonds. The van der Waals surface area contributed by atoms with Crippen LogP contribution in [0.5, 0.6) is 11.5 Å². The Labute approximate surface area is 180 Å². The molecule has 4 heterocycles. The smallest absolute Gasteiger partial charge is 0.223 e. The van der Waals surface area contributed by atoms with Crippen molar-refractivity contribution >= 4 is 16.6 Å². The Balaban J connectivity index is 1.34. The third-order valence-electron chi connectivity index (χ3n) is 6.57. The molecule has 3 aliphatic rings. The highest BCUT2D eigenvalue weighted by atomic mass is 16.5. The zero-order valence-electron chi connectivity index (χ0n) is 17.6. The van der Waals surface area contributed by atoms with Crippen LogP contribution in [0.25, 0.3) is 22.2 Å². The number of aryl methyl sites for hydroxylation is 1. The SMILES string of the molecule is C=C(O)COc1ccc2c(c1)cc1c([n+]2C)-c2ccc(N3CC4(COC4)C3)cc2OC1. The lowest BCUT2D eigenvalue weighted by Gasteiger charge is -2.56. The van der Waals surface area contributed by atoms with E-state index in [2.05, 4.69) is 53.4 Å². The molecule has 0 atom stereocenters. The number of fused-ring (bicyclic) bond motifs is 4. The second-order valence-corrected chi connectivity index (χ2v) is 8.97. The number of benzene rings is 2. The number of rotatable bonds is 4. The standard InChI is InChI=1S/C25H24N2O4/c1-16(28)10-30-20-4-6-22-17(8-20)7-18-11-31-23-9-19(3-5-21(23)24(18)26(22)2)27-12-25(13-27)14-29-15-25/h3-9H,1,10-15H2,2H3/p+1. The molecule has 0 bridgehead atoms. The maximum atomic E-state index is 9.29. The Kier molecular flexibility index (Phi) is 3.96. The third-order valence-corrected chi connectivity index (χ3v) is 6.57. The largest absolute Gasteiger partial charge is 0.509 e. The zero-order valence-corrected chi connectivity index (χ0v) is 17.6. The summed E-state index contributed by atoms with van der Waals surface area (Å²) in [6, 6.07) is 14.7. The Morgan fingerprint density at radius 2 is 2.03 bits per heavy atom. The van der Waals surface area contributed by atoms with Gasteiger partial charge in [-0.15, -0.1) is 0 Å². The van der Waals surface area contributed by atoms with Crippen LogP contribution in [0.1, 0.15) is 5.56 Å². The first-order valence-corrected chi connectivity index (χ1v) is 10.6. The number of aromatic nitrogens is 1. The van der Waals surface area contributed by atoms with E-state index in [1.54, 1.807) is 0 Å². The fourth-order valence-corrected chi connectivity index (χ4v) is 4.96. The van der Waals surface area contributed by atoms with Gasteiger partial charge in [0.1, 0.15) is 37.5 Å². The summed E-state index contributed by atoms with van der Waals surface area (Å²) in [7, 11) is 2.09. The molecule has 158 valence electrons. The summed E-state index contributed by atoms with van der Waals surface area (Å²) in [6.45, 7) is 8.00. The van der Waals surface area contributed by atoms with E-state index in [-0.39, 0.29) is 12.4 Å². The van der Waals surface area contributed by atoms with Crippen molar-refractivity contribution in [1.29, 1.82) is 0 Å². The van der Waals surface area contributed by atoms with Crippen LogP contribution >= 0.6 is 0 Å². The van der Waals surface area contributed by atoms with E-state index in [9.17, 15) is 5.11 Å². The summed E-state index contributed by atoms with van der Waals surface area (Å²) < 4.78 is 19.4. The summed E-state index contributed by atoms with van der Waals surface area (Å²) in [4.78, 5) is 2.41. The molecule has 6 heteroatoms. The van der Waals surface area contributed by atoms with Gasteiger partial charge in [-0.05, 0) is 30.3 Å². The predicted molar refractivity (Wildman–Crippen MR) is 118 cm³/mol. The highest BCUT2D eigenvalue weighted by Gasteiger charge is 2.49. The van der Waals surface area contributed by atoms with Gasteiger partial charge in [-0.25, -0.2) is 0 Å². The lowest BCUT2D eigenvalue weighted by molar-refractivity contribution is -0.634. The normalized spacial score (nSPS) is 17.9. The van der Waals surface area contributed by atoms with Crippen LogP contribution in [0.4, 0.5) is 5.69 Å². The third kappa shape index (κ3) is 2.93. The number of hydrogen-bond acceptors (Lipinski definition) is 5. The Bertz CT molecular complexity index is 1220. The number of aliphatic hydroxyl groups excluding tert-OH is 1. The molecule has 0 saturated carbocycles. The molecular weight excluding hydrogens is 392 g/mol. The highest BCUT2D eigenvalue weighted by molar-refractivity contribution is 5.83. The minimum atomic E-state index is 0.00915. The molecule has 6 nitrogen and oxygen atoms in total. The van der Waals surface area contributed by atoms with Crippen molar-refractivity contribution in [3.63, 3.8) is 0 Å². The lowest BCUT2D eigenvalue weighted by atomic mass is 9.77. The lowest BCUT2D eigenvalue weighted by Crippen LogP contribution is -2.66. The van der Waals surface area contributed by atoms with Crippen LogP contribution in [0, 0.1) is 5.41 Å². The number of hydrogen-bond donors (Lipinski definition) is 1. The van der Waals surface area contributed by atoms with Crippen LogP contribution in [-0.2, 0) is 18.4 Å². The monoisotopic (exact) mass is 417 g/mol. The molecule has 2 aromatic carbocycles. The van der Waals surface area contributed by atoms with E-state index in [0.29, 0.717) is 17.8 Å². The molecule has 1 N–H and O–H groups in total. The van der Waals surface area contributed by atoms with Gasteiger partial charge in [0.15, 0.2) is 0 Å². The van der Waals surface area contributed by atoms with Gasteiger partial charge in [0.25, 0.3) is 0 Å². The average molecular weight is 417 g/mol. The molecule has 1 aromatic heterocycles. The van der Waals surface area contributed by atoms with Crippen LogP contribution in [-0.4, -0.2) is 38.0 Å². The van der Waals surface area contributed by atoms with E-state index < -0.39 is 0 Å². The van der Waals surface area contributed by atoms with Gasteiger partial charge in [0.2, 0.25) is 11.2 Å². The molecular formula is C25H25N2O4+. The molecule has 0 aliphatic carbocycles. The minimum Gasteiger partial charge on any atom is -0.509 e. The number of anilines is 1. The first kappa shape index (κ1) is 18.5. The van der Waals surface area contributed by atoms with Gasteiger partial charge in [-0.3, -0.25) is 0 Å². The van der Waals surface area contributed by atoms with Crippen LogP contribution in [0.2, 0.25) is 0 Å². The molecule has 3 aromatic rings. The maximum Gasteiger partial charge on any atom is 0.223 e. The van der Waals surface area contributed by atoms with Crippen molar-refractivity contribution in [2.45, 2.75) is 6.61 Å². The molecule has 1 spiro atoms. The quantitative estimate of drug-likeness (QED) is 0.520. The molecule has 3 aliphatic heterocycles. The topological polar surface area (TPSA) is 55.0 Å². The maximum absolute atomic E-state index is 9.29. The molecule has 6 rings (SSSR count). The zero-order chi connectivity index (χ0) is 21.2. The van der Waals surface area contributed by atoms with Crippen LogP contribution in [0.3, 0.4) is 0 Å². The fourth-order valence-electron chi connectivity index (χ4n) is 4.96. The van der Waals surface area contributed by atoms with E-state index in [1.807, 2.05) is 12.1 Å². The van der Waals surface area contributed by atoms with Crippen molar-refractivity contribution in [3.8, 4) is 22.8 Å². The first-order valence-electron chi connectivity index (χ1n) is 10.6. The first-order chi connectivity index (χ1) is 15.0. The van der Waals surface area contributed by atoms with Crippen LogP contribution in [0.15, 0.2) is 54.8 Å². The highest BCUT2D eigenvalue weighted by Crippen LogP contribution is 2.44. The molecule has 2 saturated heterocycles. The van der Waals surface area contributed by atoms with Gasteiger partial charge in [0.05, 0.1) is 35.1 Å². The molecule has 31 heavy (non-hydrogen) atoms. The molecule has 0 radical (unpaired) electrons. The van der Waals surface area contributed by atoms with Gasteiger partial charge >= 0.3 is 0 Å². The van der Waals surface area contributed by atoms with Crippen molar-refractivity contribution < 1.29 is 23.9 Å². The van der Waals surface area contributed by atoms with Crippen molar-refractivity contribution in [1.82, 2.24) is 0 Å². The predicted octanol–water partition coefficient (Wildman–Crippen LogP) is 3.51. The fraction of sp³-hybridized carbons (Fsp3) is 0.320.